The predicted molar refractivity (Wildman–Crippen MR) is 81.0 cm³/mol. The fraction of sp³-hybridized carbons (Fsp3) is 0.375. The van der Waals surface area contributed by atoms with Gasteiger partial charge in [-0.25, -0.2) is 9.59 Å². The smallest absolute Gasteiger partial charge is 0.377 e. The Bertz CT molecular complexity index is 611. The first-order valence-corrected chi connectivity index (χ1v) is 6.74. The van der Waals surface area contributed by atoms with Crippen molar-refractivity contribution >= 4 is 11.9 Å². The molecule has 0 aliphatic heterocycles. The van der Waals surface area contributed by atoms with E-state index in [1.54, 1.807) is 20.8 Å². The number of rotatable bonds is 5. The highest BCUT2D eigenvalue weighted by atomic mass is 16.6. The summed E-state index contributed by atoms with van der Waals surface area (Å²) in [7, 11) is 2.50. The van der Waals surface area contributed by atoms with E-state index in [-0.39, 0.29) is 22.8 Å². The Kier molecular flexibility index (Phi) is 6.01. The number of esters is 2. The Hall–Kier alpha value is -2.70. The summed E-state index contributed by atoms with van der Waals surface area (Å²) in [6.07, 6.45) is 1.02. The Morgan fingerprint density at radius 3 is 2.35 bits per heavy atom. The van der Waals surface area contributed by atoms with Crippen molar-refractivity contribution in [3.63, 3.8) is 0 Å². The van der Waals surface area contributed by atoms with Crippen molar-refractivity contribution in [1.29, 1.82) is 0 Å². The van der Waals surface area contributed by atoms with Crippen LogP contribution >= 0.6 is 0 Å². The molecule has 0 saturated carbocycles. The van der Waals surface area contributed by atoms with Crippen molar-refractivity contribution in [2.75, 3.05) is 14.2 Å². The van der Waals surface area contributed by atoms with Crippen molar-refractivity contribution in [1.82, 2.24) is 0 Å². The van der Waals surface area contributed by atoms with Gasteiger partial charge in [0, 0.05) is 0 Å². The molecule has 0 bridgehead atoms. The molecular weight excluding hydrogens is 304 g/mol. The molecule has 0 aliphatic rings. The lowest BCUT2D eigenvalue weighted by atomic mass is 10.1. The molecule has 1 aromatic rings. The Morgan fingerprint density at radius 1 is 1.17 bits per heavy atom. The molecule has 126 valence electrons. The van der Waals surface area contributed by atoms with Crippen LogP contribution in [0.4, 0.5) is 0 Å². The molecule has 1 aromatic carbocycles. The minimum Gasteiger partial charge on any atom is -0.507 e. The molecule has 0 atom stereocenters. The van der Waals surface area contributed by atoms with Crippen LogP contribution in [-0.4, -0.2) is 36.9 Å². The zero-order valence-corrected chi connectivity index (χ0v) is 13.7. The van der Waals surface area contributed by atoms with E-state index >= 15 is 0 Å². The number of phenolic OH excluding ortho intramolecular Hbond substituents is 1. The molecule has 23 heavy (non-hydrogen) atoms. The SMILES string of the molecule is CO/C=C(/Oc1cccc(O)c1C(=O)OC(C)(C)C)C(=O)OC. The van der Waals surface area contributed by atoms with Crippen LogP contribution in [0.3, 0.4) is 0 Å². The number of phenols is 1. The highest BCUT2D eigenvalue weighted by molar-refractivity contribution is 5.96. The first-order valence-electron chi connectivity index (χ1n) is 6.74. The van der Waals surface area contributed by atoms with E-state index in [0.717, 1.165) is 6.26 Å². The average Bonchev–Trinajstić information content (AvgIpc) is 2.44. The highest BCUT2D eigenvalue weighted by Crippen LogP contribution is 2.31. The van der Waals surface area contributed by atoms with E-state index in [0.29, 0.717) is 0 Å². The number of carbonyl (C=O) groups is 2. The molecular formula is C16H20O7. The van der Waals surface area contributed by atoms with Crippen molar-refractivity contribution in [2.24, 2.45) is 0 Å². The van der Waals surface area contributed by atoms with Crippen LogP contribution < -0.4 is 4.74 Å². The number of hydrogen-bond acceptors (Lipinski definition) is 7. The summed E-state index contributed by atoms with van der Waals surface area (Å²) in [5.41, 5.74) is -0.960. The van der Waals surface area contributed by atoms with Gasteiger partial charge in [-0.05, 0) is 32.9 Å². The molecule has 0 radical (unpaired) electrons. The number of ether oxygens (including phenoxy) is 4. The molecule has 1 N–H and O–H groups in total. The molecule has 0 saturated heterocycles. The molecule has 0 amide bonds. The third kappa shape index (κ3) is 5.21. The van der Waals surface area contributed by atoms with Gasteiger partial charge in [-0.1, -0.05) is 6.07 Å². The summed E-state index contributed by atoms with van der Waals surface area (Å²) in [5.74, 6) is -2.27. The second-order valence-corrected chi connectivity index (χ2v) is 5.46. The van der Waals surface area contributed by atoms with E-state index in [4.69, 9.17) is 14.2 Å². The maximum Gasteiger partial charge on any atom is 0.377 e. The van der Waals surface area contributed by atoms with E-state index < -0.39 is 17.5 Å². The van der Waals surface area contributed by atoms with Gasteiger partial charge in [-0.15, -0.1) is 0 Å². The van der Waals surface area contributed by atoms with Crippen LogP contribution in [0, 0.1) is 0 Å². The average molecular weight is 324 g/mol. The van der Waals surface area contributed by atoms with Gasteiger partial charge in [0.05, 0.1) is 14.2 Å². The summed E-state index contributed by atoms with van der Waals surface area (Å²) in [6.45, 7) is 5.07. The Morgan fingerprint density at radius 2 is 1.83 bits per heavy atom. The van der Waals surface area contributed by atoms with E-state index in [2.05, 4.69) is 4.74 Å². The zero-order chi connectivity index (χ0) is 17.6. The molecule has 0 heterocycles. The van der Waals surface area contributed by atoms with Crippen LogP contribution in [0.2, 0.25) is 0 Å². The lowest BCUT2D eigenvalue weighted by Gasteiger charge is -2.21. The highest BCUT2D eigenvalue weighted by Gasteiger charge is 2.26. The van der Waals surface area contributed by atoms with Crippen molar-refractivity contribution < 1.29 is 33.6 Å². The molecule has 7 heteroatoms. The van der Waals surface area contributed by atoms with E-state index in [9.17, 15) is 14.7 Å². The van der Waals surface area contributed by atoms with Gasteiger partial charge in [0.1, 0.15) is 28.9 Å². The second-order valence-electron chi connectivity index (χ2n) is 5.46. The van der Waals surface area contributed by atoms with E-state index in [1.807, 2.05) is 0 Å². The maximum absolute atomic E-state index is 12.3. The van der Waals surface area contributed by atoms with Crippen molar-refractivity contribution in [3.05, 3.63) is 35.8 Å². The van der Waals surface area contributed by atoms with Crippen LogP contribution in [0.1, 0.15) is 31.1 Å². The lowest BCUT2D eigenvalue weighted by molar-refractivity contribution is -0.138. The zero-order valence-electron chi connectivity index (χ0n) is 13.7. The monoisotopic (exact) mass is 324 g/mol. The van der Waals surface area contributed by atoms with Crippen molar-refractivity contribution in [3.8, 4) is 11.5 Å². The summed E-state index contributed by atoms with van der Waals surface area (Å²) in [5, 5.41) is 9.95. The van der Waals surface area contributed by atoms with Crippen LogP contribution in [-0.2, 0) is 19.0 Å². The number of benzene rings is 1. The van der Waals surface area contributed by atoms with Crippen LogP contribution in [0.15, 0.2) is 30.2 Å². The summed E-state index contributed by atoms with van der Waals surface area (Å²) < 4.78 is 19.9. The second kappa shape index (κ2) is 7.53. The Labute approximate surface area is 134 Å². The number of carbonyl (C=O) groups excluding carboxylic acids is 2. The number of methoxy groups -OCH3 is 2. The van der Waals surface area contributed by atoms with Gasteiger partial charge in [0.2, 0.25) is 5.76 Å². The van der Waals surface area contributed by atoms with Crippen molar-refractivity contribution in [2.45, 2.75) is 26.4 Å². The first kappa shape index (κ1) is 18.3. The topological polar surface area (TPSA) is 91.3 Å². The fourth-order valence-electron chi connectivity index (χ4n) is 1.58. The molecule has 0 aromatic heterocycles. The molecule has 0 unspecified atom stereocenters. The standard InChI is InChI=1S/C16H20O7/c1-16(2,3)23-15(19)13-10(17)7-6-8-11(13)22-12(9-20-4)14(18)21-5/h6-9,17H,1-5H3/b12-9+. The molecule has 0 fully saturated rings. The minimum atomic E-state index is -0.801. The van der Waals surface area contributed by atoms with Gasteiger partial charge in [0.15, 0.2) is 0 Å². The largest absolute Gasteiger partial charge is 0.507 e. The quantitative estimate of drug-likeness (QED) is 0.505. The molecule has 1 rings (SSSR count). The Balaban J connectivity index is 3.22. The van der Waals surface area contributed by atoms with Crippen LogP contribution in [0.25, 0.3) is 0 Å². The fourth-order valence-corrected chi connectivity index (χ4v) is 1.58. The molecule has 0 spiro atoms. The summed E-state index contributed by atoms with van der Waals surface area (Å²) in [6, 6.07) is 4.18. The van der Waals surface area contributed by atoms with Gasteiger partial charge in [0.25, 0.3) is 0 Å². The van der Waals surface area contributed by atoms with Gasteiger partial charge in [-0.2, -0.15) is 0 Å². The minimum absolute atomic E-state index is 0.0621. The van der Waals surface area contributed by atoms with Gasteiger partial charge in [-0.3, -0.25) is 0 Å². The van der Waals surface area contributed by atoms with Crippen LogP contribution in [0.5, 0.6) is 11.5 Å². The summed E-state index contributed by atoms with van der Waals surface area (Å²) in [4.78, 5) is 23.9. The normalized spacial score (nSPS) is 11.6. The molecule has 7 nitrogen and oxygen atoms in total. The van der Waals surface area contributed by atoms with Gasteiger partial charge >= 0.3 is 11.9 Å². The molecule has 0 aliphatic carbocycles. The third-order valence-corrected chi connectivity index (χ3v) is 2.44. The number of hydrogen-bond donors (Lipinski definition) is 1. The first-order chi connectivity index (χ1) is 10.7. The third-order valence-electron chi connectivity index (χ3n) is 2.44. The van der Waals surface area contributed by atoms with Gasteiger partial charge < -0.3 is 24.1 Å². The predicted octanol–water partition coefficient (Wildman–Crippen LogP) is 2.39. The summed E-state index contributed by atoms with van der Waals surface area (Å²) >= 11 is 0. The van der Waals surface area contributed by atoms with E-state index in [1.165, 1.54) is 32.4 Å². The maximum atomic E-state index is 12.3. The number of aromatic hydroxyl groups is 1. The lowest BCUT2D eigenvalue weighted by Crippen LogP contribution is -2.24.